The molecule has 0 aliphatic heterocycles. The van der Waals surface area contributed by atoms with Crippen LogP contribution < -0.4 is 0 Å². The summed E-state index contributed by atoms with van der Waals surface area (Å²) < 4.78 is 4.62. The molecule has 1 unspecified atom stereocenters. The van der Waals surface area contributed by atoms with Crippen molar-refractivity contribution in [2.75, 3.05) is 7.11 Å². The van der Waals surface area contributed by atoms with E-state index in [9.17, 15) is 9.59 Å². The predicted octanol–water partition coefficient (Wildman–Crippen LogP) is 2.75. The fourth-order valence-corrected chi connectivity index (χ4v) is 2.77. The molecule has 0 bridgehead atoms. The smallest absolute Gasteiger partial charge is 0.305 e. The van der Waals surface area contributed by atoms with Gasteiger partial charge in [-0.3, -0.25) is 9.59 Å². The van der Waals surface area contributed by atoms with E-state index in [1.165, 1.54) is 7.11 Å². The Bertz CT molecular complexity index is 296. The first-order valence-corrected chi connectivity index (χ1v) is 6.28. The van der Waals surface area contributed by atoms with Gasteiger partial charge in [0.1, 0.15) is 5.78 Å². The average Bonchev–Trinajstić information content (AvgIpc) is 2.27. The van der Waals surface area contributed by atoms with Crippen molar-refractivity contribution in [3.05, 3.63) is 12.7 Å². The van der Waals surface area contributed by atoms with E-state index in [4.69, 9.17) is 0 Å². The van der Waals surface area contributed by atoms with Crippen molar-refractivity contribution in [1.29, 1.82) is 0 Å². The second kappa shape index (κ2) is 6.58. The number of hydrogen-bond acceptors (Lipinski definition) is 3. The van der Waals surface area contributed by atoms with Crippen LogP contribution in [0.2, 0.25) is 0 Å². The summed E-state index contributed by atoms with van der Waals surface area (Å²) in [6.45, 7) is 5.86. The summed E-state index contributed by atoms with van der Waals surface area (Å²) in [6, 6.07) is 0. The molecule has 1 aliphatic carbocycles. The summed E-state index contributed by atoms with van der Waals surface area (Å²) in [5.74, 6) is 0.909. The van der Waals surface area contributed by atoms with Gasteiger partial charge in [0.25, 0.3) is 0 Å². The predicted molar refractivity (Wildman–Crippen MR) is 66.4 cm³/mol. The lowest BCUT2D eigenvalue weighted by molar-refractivity contribution is -0.141. The zero-order valence-corrected chi connectivity index (χ0v) is 10.8. The van der Waals surface area contributed by atoms with Crippen LogP contribution >= 0.6 is 0 Å². The van der Waals surface area contributed by atoms with Crippen LogP contribution in [-0.2, 0) is 14.3 Å². The Kier molecular flexibility index (Phi) is 5.39. The molecular weight excluding hydrogens is 216 g/mol. The van der Waals surface area contributed by atoms with Gasteiger partial charge in [-0.2, -0.15) is 0 Å². The Morgan fingerprint density at radius 2 is 2.29 bits per heavy atom. The largest absolute Gasteiger partial charge is 0.469 e. The van der Waals surface area contributed by atoms with Gasteiger partial charge in [0.15, 0.2) is 0 Å². The van der Waals surface area contributed by atoms with Crippen molar-refractivity contribution in [3.8, 4) is 0 Å². The number of ketones is 1. The minimum Gasteiger partial charge on any atom is -0.469 e. The fraction of sp³-hybridized carbons (Fsp3) is 0.714. The number of Topliss-reactive ketones (excluding diaryl/α,β-unsaturated/α-hetero) is 1. The second-order valence-electron chi connectivity index (χ2n) is 5.02. The third-order valence-corrected chi connectivity index (χ3v) is 3.59. The van der Waals surface area contributed by atoms with Gasteiger partial charge in [-0.1, -0.05) is 13.0 Å². The van der Waals surface area contributed by atoms with Crippen molar-refractivity contribution in [2.45, 2.75) is 39.0 Å². The number of ether oxygens (including phenoxy) is 1. The molecule has 17 heavy (non-hydrogen) atoms. The Balaban J connectivity index is 2.60. The third kappa shape index (κ3) is 3.99. The molecule has 0 aromatic heterocycles. The molecule has 0 spiro atoms. The van der Waals surface area contributed by atoms with Crippen LogP contribution in [0, 0.1) is 17.8 Å². The van der Waals surface area contributed by atoms with Crippen LogP contribution in [0.15, 0.2) is 12.7 Å². The topological polar surface area (TPSA) is 43.4 Å². The van der Waals surface area contributed by atoms with Gasteiger partial charge in [-0.05, 0) is 31.1 Å². The first kappa shape index (κ1) is 13.9. The van der Waals surface area contributed by atoms with E-state index in [-0.39, 0.29) is 11.9 Å². The maximum atomic E-state index is 12.0. The Labute approximate surface area is 103 Å². The number of hydrogen-bond donors (Lipinski definition) is 0. The summed E-state index contributed by atoms with van der Waals surface area (Å²) in [5.41, 5.74) is 0. The molecular formula is C14H22O3. The average molecular weight is 238 g/mol. The highest BCUT2D eigenvalue weighted by Gasteiger charge is 2.34. The molecule has 1 saturated carbocycles. The first-order chi connectivity index (χ1) is 8.08. The van der Waals surface area contributed by atoms with Crippen molar-refractivity contribution >= 4 is 11.8 Å². The van der Waals surface area contributed by atoms with Crippen molar-refractivity contribution < 1.29 is 14.3 Å². The highest BCUT2D eigenvalue weighted by molar-refractivity contribution is 5.83. The van der Waals surface area contributed by atoms with E-state index < -0.39 is 0 Å². The third-order valence-electron chi connectivity index (χ3n) is 3.59. The van der Waals surface area contributed by atoms with E-state index >= 15 is 0 Å². The zero-order chi connectivity index (χ0) is 12.8. The molecule has 1 fully saturated rings. The summed E-state index contributed by atoms with van der Waals surface area (Å²) >= 11 is 0. The van der Waals surface area contributed by atoms with Gasteiger partial charge < -0.3 is 4.74 Å². The van der Waals surface area contributed by atoms with Crippen LogP contribution in [0.5, 0.6) is 0 Å². The molecule has 3 atom stereocenters. The lowest BCUT2D eigenvalue weighted by Gasteiger charge is -2.33. The van der Waals surface area contributed by atoms with Gasteiger partial charge in [0.2, 0.25) is 0 Å². The molecule has 0 heterocycles. The van der Waals surface area contributed by atoms with E-state index in [0.717, 1.165) is 12.8 Å². The van der Waals surface area contributed by atoms with E-state index in [1.54, 1.807) is 0 Å². The van der Waals surface area contributed by atoms with Gasteiger partial charge >= 0.3 is 5.97 Å². The highest BCUT2D eigenvalue weighted by atomic mass is 16.5. The molecule has 3 nitrogen and oxygen atoms in total. The molecule has 0 radical (unpaired) electrons. The normalized spacial score (nSPS) is 28.8. The molecule has 1 rings (SSSR count). The minimum atomic E-state index is -0.228. The summed E-state index contributed by atoms with van der Waals surface area (Å²) in [6.07, 6.45) is 5.41. The van der Waals surface area contributed by atoms with Gasteiger partial charge in [0.05, 0.1) is 7.11 Å². The van der Waals surface area contributed by atoms with Crippen LogP contribution in [-0.4, -0.2) is 18.9 Å². The fourth-order valence-electron chi connectivity index (χ4n) is 2.77. The van der Waals surface area contributed by atoms with E-state index in [0.29, 0.717) is 36.9 Å². The molecule has 0 aromatic carbocycles. The number of methoxy groups -OCH3 is 1. The maximum absolute atomic E-state index is 12.0. The highest BCUT2D eigenvalue weighted by Crippen LogP contribution is 2.36. The van der Waals surface area contributed by atoms with Crippen molar-refractivity contribution in [1.82, 2.24) is 0 Å². The number of carbonyl (C=O) groups excluding carboxylic acids is 2. The van der Waals surface area contributed by atoms with Gasteiger partial charge in [0, 0.05) is 18.8 Å². The minimum absolute atomic E-state index is 0.0169. The molecule has 0 N–H and O–H groups in total. The van der Waals surface area contributed by atoms with Crippen LogP contribution in [0.3, 0.4) is 0 Å². The Morgan fingerprint density at radius 3 is 2.88 bits per heavy atom. The Morgan fingerprint density at radius 1 is 1.59 bits per heavy atom. The second-order valence-corrected chi connectivity index (χ2v) is 5.02. The number of allylic oxidation sites excluding steroid dienone is 1. The van der Waals surface area contributed by atoms with Crippen LogP contribution in [0.25, 0.3) is 0 Å². The molecule has 0 saturated heterocycles. The molecule has 96 valence electrons. The van der Waals surface area contributed by atoms with E-state index in [1.807, 2.05) is 6.08 Å². The first-order valence-electron chi connectivity index (χ1n) is 6.28. The zero-order valence-electron chi connectivity index (χ0n) is 10.8. The lowest BCUT2D eigenvalue weighted by Crippen LogP contribution is -2.32. The number of esters is 1. The quantitative estimate of drug-likeness (QED) is 0.546. The van der Waals surface area contributed by atoms with Crippen molar-refractivity contribution in [2.24, 2.45) is 17.8 Å². The molecule has 3 heteroatoms. The molecule has 0 aromatic rings. The number of carbonyl (C=O) groups is 2. The standard InChI is InChI=1S/C14H22O3/c1-4-5-11-8-10(2)9-13(15)12(11)6-7-14(16)17-3/h4,10-12H,1,5-9H2,2-3H3/t10-,11-,12?/m1/s1. The summed E-state index contributed by atoms with van der Waals surface area (Å²) in [7, 11) is 1.38. The maximum Gasteiger partial charge on any atom is 0.305 e. The molecule has 0 amide bonds. The van der Waals surface area contributed by atoms with Gasteiger partial charge in [-0.25, -0.2) is 0 Å². The van der Waals surface area contributed by atoms with Crippen molar-refractivity contribution in [3.63, 3.8) is 0 Å². The monoisotopic (exact) mass is 238 g/mol. The summed E-state index contributed by atoms with van der Waals surface area (Å²) in [4.78, 5) is 23.1. The van der Waals surface area contributed by atoms with Crippen LogP contribution in [0.4, 0.5) is 0 Å². The summed E-state index contributed by atoms with van der Waals surface area (Å²) in [5, 5.41) is 0. The number of rotatable bonds is 5. The Hall–Kier alpha value is -1.12. The van der Waals surface area contributed by atoms with Gasteiger partial charge in [-0.15, -0.1) is 6.58 Å². The SMILES string of the molecule is C=CC[C@@H]1C[C@@H](C)CC(=O)C1CCC(=O)OC. The van der Waals surface area contributed by atoms with Crippen LogP contribution in [0.1, 0.15) is 39.0 Å². The molecule has 1 aliphatic rings. The van der Waals surface area contributed by atoms with E-state index in [2.05, 4.69) is 18.2 Å². The lowest BCUT2D eigenvalue weighted by atomic mass is 9.71.